The van der Waals surface area contributed by atoms with E-state index in [1.807, 2.05) is 12.1 Å². The number of carbonyl (C=O) groups excluding carboxylic acids is 1. The minimum Gasteiger partial charge on any atom is -0.396 e. The van der Waals surface area contributed by atoms with E-state index in [1.165, 1.54) is 6.20 Å². The van der Waals surface area contributed by atoms with Crippen LogP contribution in [0.15, 0.2) is 24.4 Å². The van der Waals surface area contributed by atoms with E-state index in [2.05, 4.69) is 15.4 Å². The quantitative estimate of drug-likeness (QED) is 0.661. The van der Waals surface area contributed by atoms with Crippen LogP contribution in [0, 0.1) is 17.1 Å². The molecule has 0 saturated carbocycles. The number of pyridine rings is 1. The lowest BCUT2D eigenvalue weighted by Crippen LogP contribution is -2.29. The number of aromatic nitrogens is 3. The van der Waals surface area contributed by atoms with E-state index >= 15 is 0 Å². The van der Waals surface area contributed by atoms with Crippen molar-refractivity contribution in [1.29, 1.82) is 5.26 Å². The molecule has 3 N–H and O–H groups in total. The summed E-state index contributed by atoms with van der Waals surface area (Å²) in [6, 6.07) is 7.29. The lowest BCUT2D eigenvalue weighted by Gasteiger charge is -2.12. The van der Waals surface area contributed by atoms with Gasteiger partial charge in [0.2, 0.25) is 5.91 Å². The minimum atomic E-state index is -0.620. The molecular weight excluding hydrogens is 373 g/mol. The number of hydrogen-bond acceptors (Lipinski definition) is 6. The second-order valence-electron chi connectivity index (χ2n) is 7.20. The Morgan fingerprint density at radius 1 is 1.34 bits per heavy atom. The van der Waals surface area contributed by atoms with Crippen LogP contribution in [0.1, 0.15) is 24.1 Å². The van der Waals surface area contributed by atoms with Gasteiger partial charge >= 0.3 is 0 Å². The molecule has 0 spiro atoms. The molecule has 0 unspecified atom stereocenters. The number of nitrogens with two attached hydrogens (primary N) is 1. The maximum absolute atomic E-state index is 14.5. The van der Waals surface area contributed by atoms with Gasteiger partial charge in [-0.2, -0.15) is 10.4 Å². The monoisotopic (exact) mass is 393 g/mol. The average Bonchev–Trinajstić information content (AvgIpc) is 3.03. The summed E-state index contributed by atoms with van der Waals surface area (Å²) >= 11 is 0. The number of fused-ring (bicyclic) bond motifs is 2. The molecule has 1 aliphatic heterocycles. The molecule has 3 aromatic rings. The molecule has 0 aliphatic carbocycles. The van der Waals surface area contributed by atoms with Gasteiger partial charge in [0, 0.05) is 48.9 Å². The number of hydrogen-bond donors (Lipinski definition) is 2. The number of nitrogen functional groups attached to an aromatic ring is 1. The van der Waals surface area contributed by atoms with Crippen LogP contribution < -0.4 is 11.1 Å². The van der Waals surface area contributed by atoms with Crippen LogP contribution in [-0.4, -0.2) is 39.2 Å². The number of nitrogens with one attached hydrogen (secondary N) is 1. The highest BCUT2D eigenvalue weighted by atomic mass is 19.1. The summed E-state index contributed by atoms with van der Waals surface area (Å²) in [7, 11) is 1.78. The van der Waals surface area contributed by atoms with E-state index < -0.39 is 11.7 Å². The van der Waals surface area contributed by atoms with Crippen molar-refractivity contribution in [3.8, 4) is 6.07 Å². The van der Waals surface area contributed by atoms with Gasteiger partial charge in [-0.1, -0.05) is 0 Å². The highest BCUT2D eigenvalue weighted by molar-refractivity contribution is 5.95. The molecule has 29 heavy (non-hydrogen) atoms. The minimum absolute atomic E-state index is 0.0128. The van der Waals surface area contributed by atoms with E-state index in [0.29, 0.717) is 35.4 Å². The van der Waals surface area contributed by atoms with Gasteiger partial charge in [0.1, 0.15) is 12.4 Å². The second-order valence-corrected chi connectivity index (χ2v) is 7.20. The fourth-order valence-corrected chi connectivity index (χ4v) is 3.41. The summed E-state index contributed by atoms with van der Waals surface area (Å²) < 4.78 is 16.2. The lowest BCUT2D eigenvalue weighted by atomic mass is 9.97. The van der Waals surface area contributed by atoms with Gasteiger partial charge in [-0.05, 0) is 24.4 Å². The van der Waals surface area contributed by atoms with E-state index in [1.54, 1.807) is 35.7 Å². The molecule has 148 valence electrons. The fraction of sp³-hybridized carbons (Fsp3) is 0.300. The van der Waals surface area contributed by atoms with Crippen molar-refractivity contribution in [3.05, 3.63) is 41.5 Å². The van der Waals surface area contributed by atoms with E-state index in [4.69, 9.17) is 11.0 Å². The van der Waals surface area contributed by atoms with Crippen molar-refractivity contribution in [2.75, 3.05) is 24.6 Å². The van der Waals surface area contributed by atoms with Gasteiger partial charge in [-0.3, -0.25) is 9.48 Å². The molecule has 1 atom stereocenters. The number of amides is 1. The highest BCUT2D eigenvalue weighted by Crippen LogP contribution is 2.32. The Morgan fingerprint density at radius 2 is 2.14 bits per heavy atom. The standard InChI is InChI=1S/C20H20FN7O/c1-11(8-22)14-5-12-6-16(24-9-15(12)20(23)19(14)21)25-17-7-13-3-4-27(2)18(29)10-28(13)26-17/h5-7,9,11H,3-4,10,23H2,1-2H3,(H,24,25,26)/t11-/m0/s1. The number of benzene rings is 1. The summed E-state index contributed by atoms with van der Waals surface area (Å²) in [5, 5.41) is 17.9. The van der Waals surface area contributed by atoms with Crippen LogP contribution in [0.25, 0.3) is 10.8 Å². The summed E-state index contributed by atoms with van der Waals surface area (Å²) in [5.74, 6) is -0.105. The summed E-state index contributed by atoms with van der Waals surface area (Å²) in [6.45, 7) is 2.47. The first-order valence-corrected chi connectivity index (χ1v) is 9.22. The van der Waals surface area contributed by atoms with Crippen LogP contribution in [-0.2, 0) is 17.8 Å². The van der Waals surface area contributed by atoms with Crippen molar-refractivity contribution < 1.29 is 9.18 Å². The topological polar surface area (TPSA) is 113 Å². The van der Waals surface area contributed by atoms with Crippen LogP contribution in [0.4, 0.5) is 21.7 Å². The lowest BCUT2D eigenvalue weighted by molar-refractivity contribution is -0.130. The maximum atomic E-state index is 14.5. The smallest absolute Gasteiger partial charge is 0.244 e. The van der Waals surface area contributed by atoms with Crippen molar-refractivity contribution >= 4 is 34.0 Å². The van der Waals surface area contributed by atoms with Gasteiger partial charge in [-0.25, -0.2) is 9.37 Å². The third-order valence-electron chi connectivity index (χ3n) is 5.22. The first kappa shape index (κ1) is 18.7. The predicted molar refractivity (Wildman–Crippen MR) is 107 cm³/mol. The third-order valence-corrected chi connectivity index (χ3v) is 5.22. The van der Waals surface area contributed by atoms with Gasteiger partial charge in [-0.15, -0.1) is 0 Å². The van der Waals surface area contributed by atoms with Crippen molar-refractivity contribution in [1.82, 2.24) is 19.7 Å². The molecule has 9 heteroatoms. The normalized spacial score (nSPS) is 15.0. The number of carbonyl (C=O) groups is 1. The molecular formula is C20H20FN7O. The van der Waals surface area contributed by atoms with Crippen molar-refractivity contribution in [3.63, 3.8) is 0 Å². The number of halogens is 1. The van der Waals surface area contributed by atoms with Crippen LogP contribution >= 0.6 is 0 Å². The van der Waals surface area contributed by atoms with E-state index in [9.17, 15) is 9.18 Å². The van der Waals surface area contributed by atoms with Crippen LogP contribution in [0.5, 0.6) is 0 Å². The first-order chi connectivity index (χ1) is 13.9. The Bertz CT molecular complexity index is 1160. The number of likely N-dealkylation sites (N-methyl/N-ethyl adjacent to an activating group) is 1. The molecule has 3 heterocycles. The van der Waals surface area contributed by atoms with Gasteiger partial charge in [0.25, 0.3) is 0 Å². The first-order valence-electron chi connectivity index (χ1n) is 9.22. The largest absolute Gasteiger partial charge is 0.396 e. The Balaban J connectivity index is 1.67. The van der Waals surface area contributed by atoms with E-state index in [-0.39, 0.29) is 23.7 Å². The van der Waals surface area contributed by atoms with Gasteiger partial charge in [0.05, 0.1) is 17.7 Å². The summed E-state index contributed by atoms with van der Waals surface area (Å²) in [5.41, 5.74) is 7.12. The van der Waals surface area contributed by atoms with Crippen LogP contribution in [0.2, 0.25) is 0 Å². The summed E-state index contributed by atoms with van der Waals surface area (Å²) in [6.07, 6.45) is 2.21. The molecule has 0 radical (unpaired) electrons. The zero-order valence-corrected chi connectivity index (χ0v) is 16.1. The van der Waals surface area contributed by atoms with Crippen LogP contribution in [0.3, 0.4) is 0 Å². The Hall–Kier alpha value is -3.67. The zero-order chi connectivity index (χ0) is 20.7. The predicted octanol–water partition coefficient (Wildman–Crippen LogP) is 2.54. The van der Waals surface area contributed by atoms with Crippen molar-refractivity contribution in [2.24, 2.45) is 0 Å². The van der Waals surface area contributed by atoms with E-state index in [0.717, 1.165) is 5.69 Å². The summed E-state index contributed by atoms with van der Waals surface area (Å²) in [4.78, 5) is 18.0. The molecule has 1 aromatic carbocycles. The number of rotatable bonds is 3. The molecule has 1 aliphatic rings. The molecule has 2 aromatic heterocycles. The molecule has 4 rings (SSSR count). The van der Waals surface area contributed by atoms with Gasteiger partial charge in [0.15, 0.2) is 11.6 Å². The fourth-order valence-electron chi connectivity index (χ4n) is 3.41. The SMILES string of the molecule is C[C@@H](C#N)c1cc2cc(Nc3cc4n(n3)CC(=O)N(C)CC4)ncc2c(N)c1F. The molecule has 0 bridgehead atoms. The molecule has 0 saturated heterocycles. The number of nitriles is 1. The van der Waals surface area contributed by atoms with Crippen molar-refractivity contribution in [2.45, 2.75) is 25.8 Å². The average molecular weight is 393 g/mol. The highest BCUT2D eigenvalue weighted by Gasteiger charge is 2.20. The Morgan fingerprint density at radius 3 is 2.90 bits per heavy atom. The maximum Gasteiger partial charge on any atom is 0.244 e. The number of nitrogens with zero attached hydrogens (tertiary/aromatic N) is 5. The molecule has 8 nitrogen and oxygen atoms in total. The molecule has 1 amide bonds. The van der Waals surface area contributed by atoms with Gasteiger partial charge < -0.3 is 16.0 Å². The Kier molecular flexibility index (Phi) is 4.54. The second kappa shape index (κ2) is 7.05. The Labute approximate surface area is 166 Å². The molecule has 0 fully saturated rings. The number of anilines is 3. The third kappa shape index (κ3) is 3.33. The zero-order valence-electron chi connectivity index (χ0n) is 16.1.